The summed E-state index contributed by atoms with van der Waals surface area (Å²) in [5.41, 5.74) is 2.42. The van der Waals surface area contributed by atoms with E-state index in [1.807, 2.05) is 6.07 Å². The van der Waals surface area contributed by atoms with Gasteiger partial charge in [0, 0.05) is 49.4 Å². The van der Waals surface area contributed by atoms with Crippen molar-refractivity contribution in [2.24, 2.45) is 0 Å². The van der Waals surface area contributed by atoms with E-state index in [0.29, 0.717) is 49.1 Å². The zero-order valence-corrected chi connectivity index (χ0v) is 22.6. The normalized spacial score (nSPS) is 21.8. The Morgan fingerprint density at radius 2 is 1.88 bits per heavy atom. The summed E-state index contributed by atoms with van der Waals surface area (Å²) in [6.07, 6.45) is -0.576. The van der Waals surface area contributed by atoms with Crippen LogP contribution in [0.2, 0.25) is 5.02 Å². The number of hydrogen-bond donors (Lipinski definition) is 1. The van der Waals surface area contributed by atoms with Crippen molar-refractivity contribution < 1.29 is 33.4 Å². The molecule has 3 aromatic rings. The van der Waals surface area contributed by atoms with Crippen LogP contribution < -0.4 is 14.4 Å². The Hall–Kier alpha value is -3.93. The van der Waals surface area contributed by atoms with E-state index < -0.39 is 23.1 Å². The van der Waals surface area contributed by atoms with Crippen LogP contribution in [0.25, 0.3) is 0 Å². The number of non-ortho nitro benzene ring substituents is 1. The van der Waals surface area contributed by atoms with E-state index in [1.54, 1.807) is 12.1 Å². The molecule has 1 saturated heterocycles. The molecule has 0 aromatic heterocycles. The van der Waals surface area contributed by atoms with Gasteiger partial charge in [-0.1, -0.05) is 17.7 Å². The number of aliphatic hydroxyl groups excluding tert-OH is 1. The Kier molecular flexibility index (Phi) is 7.41. The summed E-state index contributed by atoms with van der Waals surface area (Å²) in [5, 5.41) is 20.9. The van der Waals surface area contributed by atoms with Crippen LogP contribution in [0.15, 0.2) is 54.6 Å². The molecule has 1 aliphatic carbocycles. The summed E-state index contributed by atoms with van der Waals surface area (Å²) in [5.74, 6) is 0.124. The lowest BCUT2D eigenvalue weighted by Crippen LogP contribution is -2.52. The minimum absolute atomic E-state index is 0.120. The molecule has 0 radical (unpaired) electrons. The second-order valence-corrected chi connectivity index (χ2v) is 10.7. The van der Waals surface area contributed by atoms with Gasteiger partial charge in [0.05, 0.1) is 28.8 Å². The molecule has 6 rings (SSSR count). The number of fused-ring (bicyclic) bond motifs is 2. The van der Waals surface area contributed by atoms with Crippen molar-refractivity contribution in [1.82, 2.24) is 4.90 Å². The van der Waals surface area contributed by atoms with Gasteiger partial charge in [-0.3, -0.25) is 15.0 Å². The van der Waals surface area contributed by atoms with Crippen molar-refractivity contribution in [1.29, 1.82) is 0 Å². The molecule has 1 fully saturated rings. The minimum atomic E-state index is -0.633. The number of halogens is 2. The molecule has 41 heavy (non-hydrogen) atoms. The first-order valence-corrected chi connectivity index (χ1v) is 13.6. The Labute approximate surface area is 239 Å². The van der Waals surface area contributed by atoms with Crippen molar-refractivity contribution >= 4 is 28.9 Å². The van der Waals surface area contributed by atoms with E-state index in [9.17, 15) is 24.4 Å². The maximum absolute atomic E-state index is 14.1. The Morgan fingerprint density at radius 3 is 2.59 bits per heavy atom. The molecule has 10 nitrogen and oxygen atoms in total. The third-order valence-corrected chi connectivity index (χ3v) is 7.99. The number of nitrogens with zero attached hydrogens (tertiary/aromatic N) is 3. The standard InChI is InChI=1S/C29H27ClFN3O7/c30-19-13-25(28-26(14-19)40-22(15-35)16-39-28)33-9-7-32(8-10-33)24-12-18-11-20(31)3-6-23(18)27(24)41-29(36)17-1-4-21(5-2-17)34(37)38/h1-6,11,13-14,22,24,27,35H,7-10,12,15-16H2/t22?,24-,27-/m1/s1. The van der Waals surface area contributed by atoms with Gasteiger partial charge >= 0.3 is 5.97 Å². The van der Waals surface area contributed by atoms with E-state index >= 15 is 0 Å². The fraction of sp³-hybridized carbons (Fsp3) is 0.345. The van der Waals surface area contributed by atoms with Crippen LogP contribution in [0.4, 0.5) is 15.8 Å². The van der Waals surface area contributed by atoms with Gasteiger partial charge in [0.15, 0.2) is 17.6 Å². The summed E-state index contributed by atoms with van der Waals surface area (Å²) >= 11 is 6.38. The van der Waals surface area contributed by atoms with Crippen LogP contribution >= 0.6 is 11.6 Å². The van der Waals surface area contributed by atoms with E-state index in [-0.39, 0.29) is 36.3 Å². The molecule has 3 aromatic carbocycles. The summed E-state index contributed by atoms with van der Waals surface area (Å²) in [6.45, 7) is 2.59. The van der Waals surface area contributed by atoms with Crippen molar-refractivity contribution in [2.45, 2.75) is 24.7 Å². The zero-order valence-electron chi connectivity index (χ0n) is 21.9. The molecule has 2 heterocycles. The monoisotopic (exact) mass is 583 g/mol. The van der Waals surface area contributed by atoms with Gasteiger partial charge in [-0.2, -0.15) is 0 Å². The molecule has 1 N–H and O–H groups in total. The largest absolute Gasteiger partial charge is 0.484 e. The van der Waals surface area contributed by atoms with E-state index in [0.717, 1.165) is 16.8 Å². The average Bonchev–Trinajstić information content (AvgIpc) is 3.33. The third-order valence-electron chi connectivity index (χ3n) is 7.77. The summed E-state index contributed by atoms with van der Waals surface area (Å²) in [4.78, 5) is 27.9. The highest BCUT2D eigenvalue weighted by atomic mass is 35.5. The molecule has 1 unspecified atom stereocenters. The Balaban J connectivity index is 1.20. The van der Waals surface area contributed by atoms with Crippen molar-refractivity contribution in [3.63, 3.8) is 0 Å². The van der Waals surface area contributed by atoms with Gasteiger partial charge in [0.2, 0.25) is 0 Å². The summed E-state index contributed by atoms with van der Waals surface area (Å²) in [6, 6.07) is 13.1. The number of nitro benzene ring substituents is 1. The number of carbonyl (C=O) groups excluding carboxylic acids is 1. The van der Waals surface area contributed by atoms with Gasteiger partial charge in [-0.05, 0) is 47.9 Å². The Bertz CT molecular complexity index is 1480. The minimum Gasteiger partial charge on any atom is -0.484 e. The molecular formula is C29H27ClFN3O7. The maximum Gasteiger partial charge on any atom is 0.338 e. The van der Waals surface area contributed by atoms with Crippen molar-refractivity contribution in [2.75, 3.05) is 44.3 Å². The molecule has 214 valence electrons. The highest BCUT2D eigenvalue weighted by Crippen LogP contribution is 2.44. The van der Waals surface area contributed by atoms with Crippen LogP contribution in [0.5, 0.6) is 11.5 Å². The first-order chi connectivity index (χ1) is 19.8. The maximum atomic E-state index is 14.1. The first-order valence-electron chi connectivity index (χ1n) is 13.3. The SMILES string of the molecule is O=C(O[C@@H]1c2ccc(F)cc2C[C@H]1N1CCN(c2cc(Cl)cc3c2OCC(CO)O3)CC1)c1ccc([N+](=O)[O-])cc1. The number of benzene rings is 3. The summed E-state index contributed by atoms with van der Waals surface area (Å²) < 4.78 is 31.9. The number of rotatable bonds is 6. The molecule has 0 spiro atoms. The molecule has 2 aliphatic heterocycles. The van der Waals surface area contributed by atoms with Crippen molar-refractivity contribution in [3.05, 3.63) is 92.2 Å². The van der Waals surface area contributed by atoms with E-state index in [4.69, 9.17) is 25.8 Å². The highest BCUT2D eigenvalue weighted by Gasteiger charge is 2.41. The van der Waals surface area contributed by atoms with Crippen LogP contribution in [0.3, 0.4) is 0 Å². The number of aliphatic hydroxyl groups is 1. The average molecular weight is 584 g/mol. The van der Waals surface area contributed by atoms with Gasteiger partial charge in [0.1, 0.15) is 18.5 Å². The smallest absolute Gasteiger partial charge is 0.338 e. The van der Waals surface area contributed by atoms with Crippen molar-refractivity contribution in [3.8, 4) is 11.5 Å². The zero-order chi connectivity index (χ0) is 28.7. The Morgan fingerprint density at radius 1 is 1.12 bits per heavy atom. The first kappa shape index (κ1) is 27.3. The third kappa shape index (κ3) is 5.40. The van der Waals surface area contributed by atoms with Crippen LogP contribution in [-0.4, -0.2) is 72.4 Å². The lowest BCUT2D eigenvalue weighted by Gasteiger charge is -2.41. The number of carbonyl (C=O) groups is 1. The number of ether oxygens (including phenoxy) is 3. The second kappa shape index (κ2) is 11.2. The topological polar surface area (TPSA) is 115 Å². The fourth-order valence-corrected chi connectivity index (χ4v) is 5.93. The van der Waals surface area contributed by atoms with E-state index in [1.165, 1.54) is 36.4 Å². The fourth-order valence-electron chi connectivity index (χ4n) is 5.73. The predicted molar refractivity (Wildman–Crippen MR) is 147 cm³/mol. The second-order valence-electron chi connectivity index (χ2n) is 10.3. The number of piperazine rings is 1. The van der Waals surface area contributed by atoms with Crippen LogP contribution in [0, 0.1) is 15.9 Å². The van der Waals surface area contributed by atoms with Gasteiger partial charge in [0.25, 0.3) is 5.69 Å². The van der Waals surface area contributed by atoms with Crippen LogP contribution in [0.1, 0.15) is 27.6 Å². The van der Waals surface area contributed by atoms with Crippen LogP contribution in [-0.2, 0) is 11.2 Å². The predicted octanol–water partition coefficient (Wildman–Crippen LogP) is 4.16. The molecule has 3 aliphatic rings. The number of hydrogen-bond acceptors (Lipinski definition) is 9. The molecule has 12 heteroatoms. The molecular weight excluding hydrogens is 557 g/mol. The molecule has 3 atom stereocenters. The quantitative estimate of drug-likeness (QED) is 0.259. The van der Waals surface area contributed by atoms with Gasteiger partial charge in [-0.15, -0.1) is 0 Å². The molecule has 0 amide bonds. The lowest BCUT2D eigenvalue weighted by atomic mass is 10.1. The molecule has 0 bridgehead atoms. The number of esters is 1. The number of nitro groups is 1. The number of anilines is 1. The molecule has 0 saturated carbocycles. The highest BCUT2D eigenvalue weighted by molar-refractivity contribution is 6.31. The van der Waals surface area contributed by atoms with Gasteiger partial charge < -0.3 is 24.2 Å². The van der Waals surface area contributed by atoms with E-state index in [2.05, 4.69) is 9.80 Å². The lowest BCUT2D eigenvalue weighted by molar-refractivity contribution is -0.384. The summed E-state index contributed by atoms with van der Waals surface area (Å²) in [7, 11) is 0. The van der Waals surface area contributed by atoms with Gasteiger partial charge in [-0.25, -0.2) is 9.18 Å².